The minimum absolute atomic E-state index is 0.153. The molecule has 0 radical (unpaired) electrons. The van der Waals surface area contributed by atoms with Gasteiger partial charge in [0.05, 0.1) is 0 Å². The first-order chi connectivity index (χ1) is 9.01. The van der Waals surface area contributed by atoms with Gasteiger partial charge in [-0.3, -0.25) is 0 Å². The molecule has 0 spiro atoms. The summed E-state index contributed by atoms with van der Waals surface area (Å²) < 4.78 is 13.0. The van der Waals surface area contributed by atoms with Gasteiger partial charge < -0.3 is 5.32 Å². The van der Waals surface area contributed by atoms with Crippen molar-refractivity contribution in [3.8, 4) is 0 Å². The fourth-order valence-electron chi connectivity index (χ4n) is 2.47. The third kappa shape index (κ3) is 5.32. The molecule has 1 nitrogen and oxygen atoms in total. The van der Waals surface area contributed by atoms with E-state index in [1.807, 2.05) is 12.1 Å². The first kappa shape index (κ1) is 16.2. The van der Waals surface area contributed by atoms with Crippen LogP contribution in [0.25, 0.3) is 0 Å². The maximum atomic E-state index is 13.0. The molecule has 0 bridgehead atoms. The zero-order valence-corrected chi connectivity index (χ0v) is 12.8. The van der Waals surface area contributed by atoms with Crippen LogP contribution in [-0.2, 0) is 6.42 Å². The lowest BCUT2D eigenvalue weighted by atomic mass is 9.77. The van der Waals surface area contributed by atoms with Gasteiger partial charge >= 0.3 is 0 Å². The second kappa shape index (κ2) is 7.64. The van der Waals surface area contributed by atoms with Crippen molar-refractivity contribution in [2.75, 3.05) is 13.1 Å². The second-order valence-corrected chi connectivity index (χ2v) is 6.04. The Balaban J connectivity index is 2.66. The molecule has 0 saturated heterocycles. The molecule has 0 heterocycles. The summed E-state index contributed by atoms with van der Waals surface area (Å²) in [7, 11) is 0. The maximum Gasteiger partial charge on any atom is 0.123 e. The van der Waals surface area contributed by atoms with Crippen LogP contribution >= 0.6 is 0 Å². The topological polar surface area (TPSA) is 12.0 Å². The quantitative estimate of drug-likeness (QED) is 0.733. The normalized spacial score (nSPS) is 12.1. The van der Waals surface area contributed by atoms with Gasteiger partial charge in [-0.1, -0.05) is 39.8 Å². The Hall–Kier alpha value is -0.890. The Bertz CT molecular complexity index is 352. The number of nitrogens with one attached hydrogen (secondary N) is 1. The van der Waals surface area contributed by atoms with Crippen LogP contribution < -0.4 is 5.32 Å². The zero-order chi connectivity index (χ0) is 14.3. The molecule has 108 valence electrons. The average molecular weight is 265 g/mol. The van der Waals surface area contributed by atoms with Crippen LogP contribution in [0.3, 0.4) is 0 Å². The monoisotopic (exact) mass is 265 g/mol. The van der Waals surface area contributed by atoms with Crippen LogP contribution in [0.1, 0.15) is 46.1 Å². The maximum absolute atomic E-state index is 13.0. The predicted octanol–water partition coefficient (Wildman–Crippen LogP) is 4.42. The molecule has 0 aliphatic rings. The van der Waals surface area contributed by atoms with E-state index in [-0.39, 0.29) is 11.2 Å². The first-order valence-corrected chi connectivity index (χ1v) is 7.46. The van der Waals surface area contributed by atoms with Gasteiger partial charge in [-0.25, -0.2) is 4.39 Å². The lowest BCUT2D eigenvalue weighted by molar-refractivity contribution is 0.243. The smallest absolute Gasteiger partial charge is 0.123 e. The number of hydrogen-bond donors (Lipinski definition) is 1. The van der Waals surface area contributed by atoms with E-state index in [4.69, 9.17) is 0 Å². The van der Waals surface area contributed by atoms with Crippen LogP contribution in [0.5, 0.6) is 0 Å². The Labute approximate surface area is 117 Å². The summed E-state index contributed by atoms with van der Waals surface area (Å²) in [6.07, 6.45) is 3.31. The van der Waals surface area contributed by atoms with Crippen LogP contribution in [0, 0.1) is 17.2 Å². The first-order valence-electron chi connectivity index (χ1n) is 7.46. The summed E-state index contributed by atoms with van der Waals surface area (Å²) in [5.74, 6) is 0.525. The standard InChI is InChI=1S/C17H28FN/c1-5-17(6-2,13-19-12-14(3)4)11-15-7-9-16(18)10-8-15/h7-10,14,19H,5-6,11-13H2,1-4H3. The molecule has 0 unspecified atom stereocenters. The van der Waals surface area contributed by atoms with Gasteiger partial charge in [-0.2, -0.15) is 0 Å². The van der Waals surface area contributed by atoms with Gasteiger partial charge in [0.2, 0.25) is 0 Å². The molecule has 1 N–H and O–H groups in total. The Kier molecular flexibility index (Phi) is 6.50. The summed E-state index contributed by atoms with van der Waals surface area (Å²) in [6.45, 7) is 11.1. The number of benzene rings is 1. The highest BCUT2D eigenvalue weighted by Crippen LogP contribution is 2.30. The molecule has 0 aromatic heterocycles. The van der Waals surface area contributed by atoms with Crippen molar-refractivity contribution in [2.24, 2.45) is 11.3 Å². The summed E-state index contributed by atoms with van der Waals surface area (Å²) in [6, 6.07) is 6.95. The molecule has 0 aliphatic carbocycles. The van der Waals surface area contributed by atoms with E-state index < -0.39 is 0 Å². The highest BCUT2D eigenvalue weighted by Gasteiger charge is 2.26. The second-order valence-electron chi connectivity index (χ2n) is 6.04. The van der Waals surface area contributed by atoms with Gasteiger partial charge in [-0.05, 0) is 54.8 Å². The van der Waals surface area contributed by atoms with E-state index >= 15 is 0 Å². The van der Waals surface area contributed by atoms with E-state index in [0.717, 1.165) is 32.4 Å². The lowest BCUT2D eigenvalue weighted by Crippen LogP contribution is -2.37. The van der Waals surface area contributed by atoms with Crippen LogP contribution in [0.2, 0.25) is 0 Å². The molecular formula is C17H28FN. The minimum Gasteiger partial charge on any atom is -0.316 e. The molecule has 0 amide bonds. The molecule has 0 saturated carbocycles. The van der Waals surface area contributed by atoms with Crippen molar-refractivity contribution in [2.45, 2.75) is 47.0 Å². The number of halogens is 1. The minimum atomic E-state index is -0.153. The summed E-state index contributed by atoms with van der Waals surface area (Å²) in [4.78, 5) is 0. The van der Waals surface area contributed by atoms with E-state index in [1.54, 1.807) is 12.1 Å². The molecule has 19 heavy (non-hydrogen) atoms. The molecule has 1 aromatic rings. The van der Waals surface area contributed by atoms with Gasteiger partial charge in [0, 0.05) is 6.54 Å². The van der Waals surface area contributed by atoms with Crippen molar-refractivity contribution in [3.63, 3.8) is 0 Å². The zero-order valence-electron chi connectivity index (χ0n) is 12.8. The van der Waals surface area contributed by atoms with E-state index in [9.17, 15) is 4.39 Å². The molecule has 0 fully saturated rings. The van der Waals surface area contributed by atoms with Crippen LogP contribution in [-0.4, -0.2) is 13.1 Å². The molecule has 2 heteroatoms. The fraction of sp³-hybridized carbons (Fsp3) is 0.647. The van der Waals surface area contributed by atoms with E-state index in [2.05, 4.69) is 33.0 Å². The van der Waals surface area contributed by atoms with Crippen molar-refractivity contribution >= 4 is 0 Å². The highest BCUT2D eigenvalue weighted by molar-refractivity contribution is 5.18. The highest BCUT2D eigenvalue weighted by atomic mass is 19.1. The van der Waals surface area contributed by atoms with Crippen molar-refractivity contribution in [1.82, 2.24) is 5.32 Å². The molecular weight excluding hydrogens is 237 g/mol. The van der Waals surface area contributed by atoms with E-state index in [1.165, 1.54) is 5.56 Å². The summed E-state index contributed by atoms with van der Waals surface area (Å²) in [5, 5.41) is 3.59. The number of hydrogen-bond acceptors (Lipinski definition) is 1. The average Bonchev–Trinajstić information content (AvgIpc) is 2.40. The molecule has 0 aliphatic heterocycles. The molecule has 1 aromatic carbocycles. The van der Waals surface area contributed by atoms with Crippen LogP contribution in [0.4, 0.5) is 4.39 Å². The van der Waals surface area contributed by atoms with E-state index in [0.29, 0.717) is 5.92 Å². The summed E-state index contributed by atoms with van der Waals surface area (Å²) in [5.41, 5.74) is 1.52. The van der Waals surface area contributed by atoms with Gasteiger partial charge in [0.15, 0.2) is 0 Å². The predicted molar refractivity (Wildman–Crippen MR) is 80.8 cm³/mol. The van der Waals surface area contributed by atoms with Gasteiger partial charge in [0.25, 0.3) is 0 Å². The Morgan fingerprint density at radius 2 is 1.68 bits per heavy atom. The lowest BCUT2D eigenvalue weighted by Gasteiger charge is -2.32. The van der Waals surface area contributed by atoms with Crippen molar-refractivity contribution in [3.05, 3.63) is 35.6 Å². The largest absolute Gasteiger partial charge is 0.316 e. The Morgan fingerprint density at radius 3 is 2.16 bits per heavy atom. The van der Waals surface area contributed by atoms with Crippen molar-refractivity contribution < 1.29 is 4.39 Å². The van der Waals surface area contributed by atoms with Crippen molar-refractivity contribution in [1.29, 1.82) is 0 Å². The van der Waals surface area contributed by atoms with Crippen LogP contribution in [0.15, 0.2) is 24.3 Å². The molecule has 1 rings (SSSR count). The summed E-state index contributed by atoms with van der Waals surface area (Å²) >= 11 is 0. The third-order valence-corrected chi connectivity index (χ3v) is 4.04. The Morgan fingerprint density at radius 1 is 1.11 bits per heavy atom. The fourth-order valence-corrected chi connectivity index (χ4v) is 2.47. The van der Waals surface area contributed by atoms with Gasteiger partial charge in [0.1, 0.15) is 5.82 Å². The third-order valence-electron chi connectivity index (χ3n) is 4.04. The number of rotatable bonds is 8. The SMILES string of the molecule is CCC(CC)(CNCC(C)C)Cc1ccc(F)cc1. The molecule has 0 atom stereocenters. The van der Waals surface area contributed by atoms with Gasteiger partial charge in [-0.15, -0.1) is 0 Å².